The summed E-state index contributed by atoms with van der Waals surface area (Å²) in [6.07, 6.45) is 1.43. The van der Waals surface area contributed by atoms with Crippen LogP contribution in [0.25, 0.3) is 0 Å². The van der Waals surface area contributed by atoms with Crippen molar-refractivity contribution >= 4 is 17.7 Å². The van der Waals surface area contributed by atoms with Crippen molar-refractivity contribution in [3.63, 3.8) is 0 Å². The minimum Gasteiger partial charge on any atom is -0.478 e. The second-order valence-corrected chi connectivity index (χ2v) is 5.04. The number of halogens is 1. The molecular weight excluding hydrogens is 279 g/mol. The number of aliphatic hydroxyl groups excluding tert-OH is 1. The molecule has 6 nitrogen and oxygen atoms in total. The van der Waals surface area contributed by atoms with Crippen LogP contribution in [0.1, 0.15) is 23.2 Å². The minimum absolute atomic E-state index is 0.0470. The van der Waals surface area contributed by atoms with Gasteiger partial charge in [0.1, 0.15) is 5.82 Å². The van der Waals surface area contributed by atoms with Gasteiger partial charge in [0.15, 0.2) is 0 Å². The molecule has 2 rings (SSSR count). The van der Waals surface area contributed by atoms with Crippen molar-refractivity contribution in [1.82, 2.24) is 4.90 Å². The standard InChI is InChI=1S/C14H17FN2O4/c15-11-7-10(13(19)20)1-2-12(11)16-14(21)17-5-3-9(8-18)4-6-17/h1-2,7,9,18H,3-6,8H2,(H,16,21)(H,19,20). The highest BCUT2D eigenvalue weighted by Crippen LogP contribution is 2.19. The summed E-state index contributed by atoms with van der Waals surface area (Å²) in [5, 5.41) is 20.2. The van der Waals surface area contributed by atoms with Gasteiger partial charge in [0.05, 0.1) is 11.3 Å². The molecule has 0 aromatic heterocycles. The number of amides is 2. The van der Waals surface area contributed by atoms with E-state index in [0.717, 1.165) is 6.07 Å². The molecule has 0 spiro atoms. The molecule has 1 aromatic rings. The van der Waals surface area contributed by atoms with E-state index in [0.29, 0.717) is 25.9 Å². The summed E-state index contributed by atoms with van der Waals surface area (Å²) in [4.78, 5) is 24.3. The highest BCUT2D eigenvalue weighted by atomic mass is 19.1. The summed E-state index contributed by atoms with van der Waals surface area (Å²) >= 11 is 0. The zero-order valence-corrected chi connectivity index (χ0v) is 11.4. The van der Waals surface area contributed by atoms with Crippen molar-refractivity contribution in [2.24, 2.45) is 5.92 Å². The van der Waals surface area contributed by atoms with Crippen LogP contribution in [0.3, 0.4) is 0 Å². The zero-order valence-electron chi connectivity index (χ0n) is 11.4. The number of nitrogens with one attached hydrogen (secondary N) is 1. The number of hydrogen-bond acceptors (Lipinski definition) is 3. The molecule has 1 aromatic carbocycles. The second kappa shape index (κ2) is 6.53. The van der Waals surface area contributed by atoms with Crippen LogP contribution >= 0.6 is 0 Å². The van der Waals surface area contributed by atoms with Gasteiger partial charge in [-0.05, 0) is 37.0 Å². The Balaban J connectivity index is 1.98. The lowest BCUT2D eigenvalue weighted by atomic mass is 9.98. The first kappa shape index (κ1) is 15.2. The van der Waals surface area contributed by atoms with E-state index in [9.17, 15) is 14.0 Å². The molecule has 1 aliphatic rings. The molecule has 1 heterocycles. The summed E-state index contributed by atoms with van der Waals surface area (Å²) in [7, 11) is 0. The average Bonchev–Trinajstić information content (AvgIpc) is 2.49. The van der Waals surface area contributed by atoms with E-state index in [1.165, 1.54) is 12.1 Å². The van der Waals surface area contributed by atoms with E-state index in [4.69, 9.17) is 10.2 Å². The molecule has 1 fully saturated rings. The predicted octanol–water partition coefficient (Wildman–Crippen LogP) is 1.76. The monoisotopic (exact) mass is 296 g/mol. The first-order valence-corrected chi connectivity index (χ1v) is 6.71. The molecular formula is C14H17FN2O4. The number of aliphatic hydroxyl groups is 1. The molecule has 3 N–H and O–H groups in total. The maximum Gasteiger partial charge on any atom is 0.335 e. The number of carboxylic acid groups (broad SMARTS) is 1. The third-order valence-electron chi connectivity index (χ3n) is 3.62. The van der Waals surface area contributed by atoms with Gasteiger partial charge in [0, 0.05) is 19.7 Å². The van der Waals surface area contributed by atoms with E-state index >= 15 is 0 Å². The number of rotatable bonds is 3. The van der Waals surface area contributed by atoms with Gasteiger partial charge in [-0.1, -0.05) is 0 Å². The van der Waals surface area contributed by atoms with Gasteiger partial charge in [0.25, 0.3) is 0 Å². The lowest BCUT2D eigenvalue weighted by molar-refractivity contribution is 0.0696. The van der Waals surface area contributed by atoms with Crippen LogP contribution in [-0.4, -0.2) is 46.8 Å². The highest BCUT2D eigenvalue weighted by molar-refractivity contribution is 5.91. The minimum atomic E-state index is -1.22. The fourth-order valence-electron chi connectivity index (χ4n) is 2.26. The van der Waals surface area contributed by atoms with E-state index in [-0.39, 0.29) is 23.8 Å². The van der Waals surface area contributed by atoms with Gasteiger partial charge in [-0.15, -0.1) is 0 Å². The van der Waals surface area contributed by atoms with Crippen molar-refractivity contribution in [2.45, 2.75) is 12.8 Å². The fraction of sp³-hybridized carbons (Fsp3) is 0.429. The predicted molar refractivity (Wildman–Crippen MR) is 73.8 cm³/mol. The molecule has 0 saturated carbocycles. The number of carboxylic acids is 1. The van der Waals surface area contributed by atoms with Gasteiger partial charge in [-0.2, -0.15) is 0 Å². The molecule has 0 radical (unpaired) electrons. The van der Waals surface area contributed by atoms with Crippen LogP contribution < -0.4 is 5.32 Å². The van der Waals surface area contributed by atoms with Crippen LogP contribution in [0.2, 0.25) is 0 Å². The van der Waals surface area contributed by atoms with E-state index in [1.807, 2.05) is 0 Å². The normalized spacial score (nSPS) is 15.8. The number of carbonyl (C=O) groups is 2. The quantitative estimate of drug-likeness (QED) is 0.793. The number of urea groups is 1. The maximum absolute atomic E-state index is 13.7. The summed E-state index contributed by atoms with van der Waals surface area (Å²) in [6.45, 7) is 1.12. The van der Waals surface area contributed by atoms with Crippen molar-refractivity contribution in [1.29, 1.82) is 0 Å². The van der Waals surface area contributed by atoms with Crippen molar-refractivity contribution < 1.29 is 24.2 Å². The number of likely N-dealkylation sites (tertiary alicyclic amines) is 1. The Hall–Kier alpha value is -2.15. The number of benzene rings is 1. The van der Waals surface area contributed by atoms with Gasteiger partial charge in [-0.25, -0.2) is 14.0 Å². The van der Waals surface area contributed by atoms with Gasteiger partial charge < -0.3 is 20.4 Å². The molecule has 21 heavy (non-hydrogen) atoms. The Bertz CT molecular complexity index is 542. The number of aromatic carboxylic acids is 1. The van der Waals surface area contributed by atoms with Crippen LogP contribution in [0.5, 0.6) is 0 Å². The summed E-state index contributed by atoms with van der Waals surface area (Å²) in [5.74, 6) is -1.80. The van der Waals surface area contributed by atoms with Crippen molar-refractivity contribution in [3.8, 4) is 0 Å². The second-order valence-electron chi connectivity index (χ2n) is 5.04. The average molecular weight is 296 g/mol. The smallest absolute Gasteiger partial charge is 0.335 e. The SMILES string of the molecule is O=C(O)c1ccc(NC(=O)N2CCC(CO)CC2)c(F)c1. The van der Waals surface area contributed by atoms with Crippen LogP contribution in [0.4, 0.5) is 14.9 Å². The van der Waals surface area contributed by atoms with Gasteiger partial charge in [-0.3, -0.25) is 0 Å². The lowest BCUT2D eigenvalue weighted by Crippen LogP contribution is -2.41. The van der Waals surface area contributed by atoms with Gasteiger partial charge in [0.2, 0.25) is 0 Å². The van der Waals surface area contributed by atoms with Gasteiger partial charge >= 0.3 is 12.0 Å². The van der Waals surface area contributed by atoms with Crippen LogP contribution in [0.15, 0.2) is 18.2 Å². The molecule has 2 amide bonds. The topological polar surface area (TPSA) is 89.9 Å². The maximum atomic E-state index is 13.7. The molecule has 0 unspecified atom stereocenters. The zero-order chi connectivity index (χ0) is 15.4. The molecule has 0 aliphatic carbocycles. The first-order valence-electron chi connectivity index (χ1n) is 6.71. The largest absolute Gasteiger partial charge is 0.478 e. The molecule has 7 heteroatoms. The van der Waals surface area contributed by atoms with E-state index in [1.54, 1.807) is 4.90 Å². The Labute approximate surface area is 121 Å². The first-order chi connectivity index (χ1) is 10.0. The summed E-state index contributed by atoms with van der Waals surface area (Å²) in [6, 6.07) is 2.92. The number of carbonyl (C=O) groups excluding carboxylic acids is 1. The highest BCUT2D eigenvalue weighted by Gasteiger charge is 2.23. The Morgan fingerprint density at radius 3 is 2.52 bits per heavy atom. The molecule has 0 bridgehead atoms. The number of nitrogens with zero attached hydrogens (tertiary/aromatic N) is 1. The molecule has 0 atom stereocenters. The van der Waals surface area contributed by atoms with Crippen molar-refractivity contribution in [3.05, 3.63) is 29.6 Å². The molecule has 1 aliphatic heterocycles. The summed E-state index contributed by atoms with van der Waals surface area (Å²) in [5.41, 5.74) is -0.219. The number of anilines is 1. The fourth-order valence-corrected chi connectivity index (χ4v) is 2.26. The third-order valence-corrected chi connectivity index (χ3v) is 3.62. The number of hydrogen-bond donors (Lipinski definition) is 3. The third kappa shape index (κ3) is 3.69. The summed E-state index contributed by atoms with van der Waals surface area (Å²) < 4.78 is 13.7. The Morgan fingerprint density at radius 2 is 2.00 bits per heavy atom. The molecule has 114 valence electrons. The Morgan fingerprint density at radius 1 is 1.33 bits per heavy atom. The van der Waals surface area contributed by atoms with E-state index < -0.39 is 17.8 Å². The van der Waals surface area contributed by atoms with Crippen LogP contribution in [0, 0.1) is 11.7 Å². The number of piperidine rings is 1. The molecule has 1 saturated heterocycles. The van der Waals surface area contributed by atoms with Crippen molar-refractivity contribution in [2.75, 3.05) is 25.0 Å². The van der Waals surface area contributed by atoms with E-state index in [2.05, 4.69) is 5.32 Å². The Kier molecular flexibility index (Phi) is 4.74. The van der Waals surface area contributed by atoms with Crippen LogP contribution in [-0.2, 0) is 0 Å². The lowest BCUT2D eigenvalue weighted by Gasteiger charge is -2.31.